The molecule has 1 saturated carbocycles. The Morgan fingerprint density at radius 3 is 2.78 bits per heavy atom. The van der Waals surface area contributed by atoms with E-state index >= 15 is 0 Å². The Hall–Kier alpha value is -1.55. The smallest absolute Gasteiger partial charge is 0.297 e. The average molecular weight is 243 g/mol. The lowest BCUT2D eigenvalue weighted by Crippen LogP contribution is -2.59. The van der Waals surface area contributed by atoms with Gasteiger partial charge >= 0.3 is 0 Å². The van der Waals surface area contributed by atoms with Gasteiger partial charge in [0.1, 0.15) is 6.10 Å². The molecule has 0 spiro atoms. The van der Waals surface area contributed by atoms with Gasteiger partial charge in [0.15, 0.2) is 0 Å². The first-order valence-corrected chi connectivity index (χ1v) is 6.62. The van der Waals surface area contributed by atoms with Crippen LogP contribution in [0.15, 0.2) is 24.3 Å². The second-order valence-electron chi connectivity index (χ2n) is 5.44. The molecule has 1 unspecified atom stereocenters. The molecule has 0 radical (unpaired) electrons. The third-order valence-electron chi connectivity index (χ3n) is 4.34. The van der Waals surface area contributed by atoms with E-state index in [1.165, 1.54) is 6.42 Å². The number of ether oxygens (including phenoxy) is 1. The van der Waals surface area contributed by atoms with Gasteiger partial charge in [-0.1, -0.05) is 12.1 Å². The first-order chi connectivity index (χ1) is 8.83. The minimum Gasteiger partial charge on any atom is -0.461 e. The van der Waals surface area contributed by atoms with Crippen LogP contribution in [0, 0.1) is 11.8 Å². The van der Waals surface area contributed by atoms with Crippen LogP contribution < -0.4 is 10.1 Å². The van der Waals surface area contributed by atoms with E-state index in [0.29, 0.717) is 17.9 Å². The summed E-state index contributed by atoms with van der Waals surface area (Å²) in [5.74, 6) is 1.34. The summed E-state index contributed by atoms with van der Waals surface area (Å²) in [5.41, 5.74) is 2.15. The van der Waals surface area contributed by atoms with Crippen LogP contribution in [0.25, 0.3) is 11.0 Å². The minimum absolute atomic E-state index is 0.363. The molecule has 94 valence electrons. The largest absolute Gasteiger partial charge is 0.461 e. The predicted octanol–water partition coefficient (Wildman–Crippen LogP) is 1.56. The van der Waals surface area contributed by atoms with Crippen LogP contribution in [-0.4, -0.2) is 28.7 Å². The fraction of sp³-hybridized carbons (Fsp3) is 0.500. The number of aryl methyl sites for hydroxylation is 1. The van der Waals surface area contributed by atoms with Crippen LogP contribution in [0.3, 0.4) is 0 Å². The third-order valence-corrected chi connectivity index (χ3v) is 4.34. The summed E-state index contributed by atoms with van der Waals surface area (Å²) in [4.78, 5) is 4.58. The van der Waals surface area contributed by atoms with Gasteiger partial charge in [0.25, 0.3) is 6.01 Å². The first-order valence-electron chi connectivity index (χ1n) is 6.62. The van der Waals surface area contributed by atoms with Crippen molar-refractivity contribution in [2.24, 2.45) is 18.9 Å². The number of para-hydroxylation sites is 2. The van der Waals surface area contributed by atoms with E-state index in [4.69, 9.17) is 4.74 Å². The summed E-state index contributed by atoms with van der Waals surface area (Å²) in [7, 11) is 2.03. The number of rotatable bonds is 2. The summed E-state index contributed by atoms with van der Waals surface area (Å²) < 4.78 is 8.20. The Labute approximate surface area is 106 Å². The molecular formula is C14H17N3O. The molecule has 1 aromatic carbocycles. The van der Waals surface area contributed by atoms with E-state index < -0.39 is 0 Å². The molecule has 3 atom stereocenters. The number of nitrogens with zero attached hydrogens (tertiary/aromatic N) is 2. The zero-order valence-corrected chi connectivity index (χ0v) is 10.5. The molecule has 1 aromatic heterocycles. The SMILES string of the molecule is Cn1c(OC2[C@@H]3CNC[C@H]2C3)nc2ccccc21. The highest BCUT2D eigenvalue weighted by atomic mass is 16.5. The molecular weight excluding hydrogens is 226 g/mol. The van der Waals surface area contributed by atoms with Gasteiger partial charge in [0.05, 0.1) is 11.0 Å². The number of imidazole rings is 1. The van der Waals surface area contributed by atoms with E-state index in [1.54, 1.807) is 0 Å². The van der Waals surface area contributed by atoms with Gasteiger partial charge in [-0.25, -0.2) is 0 Å². The monoisotopic (exact) mass is 243 g/mol. The number of nitrogens with one attached hydrogen (secondary N) is 1. The Morgan fingerprint density at radius 2 is 2.06 bits per heavy atom. The molecule has 4 rings (SSSR count). The second-order valence-corrected chi connectivity index (χ2v) is 5.44. The molecule has 4 heteroatoms. The van der Waals surface area contributed by atoms with Gasteiger partial charge < -0.3 is 10.1 Å². The summed E-state index contributed by atoms with van der Waals surface area (Å²) in [6.07, 6.45) is 1.67. The number of fused-ring (bicyclic) bond motifs is 3. The van der Waals surface area contributed by atoms with Gasteiger partial charge in [-0.3, -0.25) is 4.57 Å². The van der Waals surface area contributed by atoms with Crippen molar-refractivity contribution in [1.29, 1.82) is 0 Å². The Balaban J connectivity index is 1.65. The normalized spacial score (nSPS) is 30.2. The average Bonchev–Trinajstić information content (AvgIpc) is 2.74. The number of benzene rings is 1. The van der Waals surface area contributed by atoms with Crippen LogP contribution in [0.5, 0.6) is 6.01 Å². The molecule has 2 aliphatic rings. The lowest BCUT2D eigenvalue weighted by Gasteiger charge is -2.48. The number of aromatic nitrogens is 2. The lowest BCUT2D eigenvalue weighted by atomic mass is 9.69. The van der Waals surface area contributed by atoms with Crippen molar-refractivity contribution in [3.63, 3.8) is 0 Å². The number of hydrogen-bond acceptors (Lipinski definition) is 3. The van der Waals surface area contributed by atoms with E-state index in [0.717, 1.165) is 30.1 Å². The summed E-state index contributed by atoms with van der Waals surface area (Å²) in [6.45, 7) is 2.18. The maximum Gasteiger partial charge on any atom is 0.297 e. The molecule has 1 saturated heterocycles. The van der Waals surface area contributed by atoms with Crippen LogP contribution in [0.1, 0.15) is 6.42 Å². The van der Waals surface area contributed by atoms with E-state index in [2.05, 4.69) is 20.9 Å². The summed E-state index contributed by atoms with van der Waals surface area (Å²) >= 11 is 0. The second kappa shape index (κ2) is 3.72. The van der Waals surface area contributed by atoms with Crippen molar-refractivity contribution in [3.05, 3.63) is 24.3 Å². The standard InChI is InChI=1S/C14H17N3O/c1-17-12-5-3-2-4-11(12)16-14(17)18-13-9-6-10(13)8-15-7-9/h2-5,9-10,13,15H,6-8H2,1H3/t9-,10+,13?. The number of piperidine rings is 2. The Kier molecular flexibility index (Phi) is 2.14. The van der Waals surface area contributed by atoms with Crippen molar-refractivity contribution in [2.45, 2.75) is 12.5 Å². The van der Waals surface area contributed by atoms with Crippen molar-refractivity contribution >= 4 is 11.0 Å². The molecule has 1 N–H and O–H groups in total. The summed E-state index contributed by atoms with van der Waals surface area (Å²) in [6, 6.07) is 8.93. The van der Waals surface area contributed by atoms with Gasteiger partial charge in [-0.05, 0) is 18.6 Å². The molecule has 2 aromatic rings. The maximum atomic E-state index is 6.14. The molecule has 2 bridgehead atoms. The molecule has 4 nitrogen and oxygen atoms in total. The van der Waals surface area contributed by atoms with Gasteiger partial charge in [0, 0.05) is 32.0 Å². The van der Waals surface area contributed by atoms with Crippen molar-refractivity contribution in [3.8, 4) is 6.01 Å². The molecule has 2 fully saturated rings. The molecule has 1 aliphatic heterocycles. The van der Waals surface area contributed by atoms with E-state index in [9.17, 15) is 0 Å². The van der Waals surface area contributed by atoms with Gasteiger partial charge in [-0.15, -0.1) is 0 Å². The van der Waals surface area contributed by atoms with Crippen molar-refractivity contribution < 1.29 is 4.74 Å². The highest BCUT2D eigenvalue weighted by Crippen LogP contribution is 2.39. The quantitative estimate of drug-likeness (QED) is 0.870. The third kappa shape index (κ3) is 1.38. The zero-order valence-electron chi connectivity index (χ0n) is 10.5. The highest BCUT2D eigenvalue weighted by molar-refractivity contribution is 5.76. The summed E-state index contributed by atoms with van der Waals surface area (Å²) in [5, 5.41) is 3.43. The van der Waals surface area contributed by atoms with Gasteiger partial charge in [-0.2, -0.15) is 4.98 Å². The maximum absolute atomic E-state index is 6.14. The zero-order chi connectivity index (χ0) is 12.1. The predicted molar refractivity (Wildman–Crippen MR) is 69.6 cm³/mol. The van der Waals surface area contributed by atoms with Crippen LogP contribution in [-0.2, 0) is 7.05 Å². The van der Waals surface area contributed by atoms with Crippen LogP contribution >= 0.6 is 0 Å². The topological polar surface area (TPSA) is 39.1 Å². The highest BCUT2D eigenvalue weighted by Gasteiger charge is 2.46. The van der Waals surface area contributed by atoms with Crippen molar-refractivity contribution in [2.75, 3.05) is 13.1 Å². The molecule has 1 aliphatic carbocycles. The lowest BCUT2D eigenvalue weighted by molar-refractivity contribution is -0.0507. The van der Waals surface area contributed by atoms with Crippen LogP contribution in [0.4, 0.5) is 0 Å². The first kappa shape index (κ1) is 10.4. The minimum atomic E-state index is 0.363. The van der Waals surface area contributed by atoms with E-state index in [1.807, 2.05) is 25.2 Å². The fourth-order valence-corrected chi connectivity index (χ4v) is 3.24. The fourth-order valence-electron chi connectivity index (χ4n) is 3.24. The van der Waals surface area contributed by atoms with Crippen LogP contribution in [0.2, 0.25) is 0 Å². The van der Waals surface area contributed by atoms with Crippen molar-refractivity contribution in [1.82, 2.24) is 14.9 Å². The van der Waals surface area contributed by atoms with Gasteiger partial charge in [0.2, 0.25) is 0 Å². The molecule has 2 heterocycles. The molecule has 18 heavy (non-hydrogen) atoms. The number of hydrogen-bond donors (Lipinski definition) is 1. The Bertz CT molecular complexity index is 578. The molecule has 0 amide bonds. The Morgan fingerprint density at radius 1 is 1.28 bits per heavy atom. The van der Waals surface area contributed by atoms with E-state index in [-0.39, 0.29) is 0 Å².